The van der Waals surface area contributed by atoms with E-state index in [9.17, 15) is 18.3 Å². The first-order valence-corrected chi connectivity index (χ1v) is 18.3. The smallest absolute Gasteiger partial charge is 0.368 e. The summed E-state index contributed by atoms with van der Waals surface area (Å²) in [4.78, 5) is 17.0. The zero-order chi connectivity index (χ0) is 33.5. The van der Waals surface area contributed by atoms with Gasteiger partial charge in [-0.15, -0.1) is 0 Å². The zero-order valence-corrected chi connectivity index (χ0v) is 27.8. The molecule has 2 unspecified atom stereocenters. The second-order valence-corrected chi connectivity index (χ2v) is 14.5. The number of fused-ring (bicyclic) bond motifs is 1. The van der Waals surface area contributed by atoms with Crippen LogP contribution in [-0.4, -0.2) is 57.5 Å². The number of aryl methyl sites for hydroxylation is 2. The van der Waals surface area contributed by atoms with Crippen LogP contribution in [0.5, 0.6) is 5.75 Å². The molecule has 13 nitrogen and oxygen atoms in total. The highest BCUT2D eigenvalue weighted by atomic mass is 32.2. The first-order chi connectivity index (χ1) is 23.2. The number of hydrogen-bond donors (Lipinski definition) is 4. The Morgan fingerprint density at radius 1 is 1.00 bits per heavy atom. The molecule has 0 spiro atoms. The Bertz CT molecular complexity index is 1820. The fourth-order valence-corrected chi connectivity index (χ4v) is 7.54. The molecule has 3 heterocycles. The summed E-state index contributed by atoms with van der Waals surface area (Å²) in [7, 11) is -3.89. The third kappa shape index (κ3) is 8.41. The second kappa shape index (κ2) is 15.3. The van der Waals surface area contributed by atoms with E-state index in [0.29, 0.717) is 54.6 Å². The van der Waals surface area contributed by atoms with Gasteiger partial charge in [0.25, 0.3) is 10.0 Å². The third-order valence-corrected chi connectivity index (χ3v) is 10.6. The molecule has 0 radical (unpaired) electrons. The number of aliphatic hydroxyl groups excluding tert-OH is 1. The standard InChI is InChI=1S/C34H44N8O5S/c35-33-18-10-26(21-37-33)31(43)23-36-22-29-14-9-25-20-27(11-17-32(25)47-29)38-48(45,46)30-15-12-28(13-16-30)42-34(44)41(39-40-42)19-5-4-8-24-6-2-1-3-7-24/h10-13,15-18,20-21,24,29,31,36,38,43H,1-9,14,19,22-23H2,(H2,35,37). The van der Waals surface area contributed by atoms with Crippen molar-refractivity contribution in [2.75, 3.05) is 23.5 Å². The molecular weight excluding hydrogens is 632 g/mol. The van der Waals surface area contributed by atoms with Crippen molar-refractivity contribution in [2.24, 2.45) is 5.92 Å². The van der Waals surface area contributed by atoms with Gasteiger partial charge >= 0.3 is 5.69 Å². The Balaban J connectivity index is 0.991. The van der Waals surface area contributed by atoms with Gasteiger partial charge in [0.1, 0.15) is 17.7 Å². The number of ether oxygens (including phenoxy) is 1. The van der Waals surface area contributed by atoms with Crippen LogP contribution in [0.15, 0.2) is 70.5 Å². The first kappa shape index (κ1) is 33.6. The minimum absolute atomic E-state index is 0.0615. The number of sulfonamides is 1. The van der Waals surface area contributed by atoms with E-state index < -0.39 is 16.1 Å². The molecule has 4 aromatic rings. The number of pyridine rings is 1. The summed E-state index contributed by atoms with van der Waals surface area (Å²) in [6.45, 7) is 1.40. The van der Waals surface area contributed by atoms with Crippen LogP contribution in [0.3, 0.4) is 0 Å². The van der Waals surface area contributed by atoms with Crippen LogP contribution in [0, 0.1) is 5.92 Å². The van der Waals surface area contributed by atoms with Gasteiger partial charge in [-0.2, -0.15) is 9.36 Å². The maximum absolute atomic E-state index is 13.2. The monoisotopic (exact) mass is 676 g/mol. The number of aliphatic hydroxyl groups is 1. The fraction of sp³-hybridized carbons (Fsp3) is 0.471. The van der Waals surface area contributed by atoms with Gasteiger partial charge in [-0.05, 0) is 89.7 Å². The molecule has 0 amide bonds. The van der Waals surface area contributed by atoms with Crippen LogP contribution < -0.4 is 26.2 Å². The van der Waals surface area contributed by atoms with E-state index in [4.69, 9.17) is 10.5 Å². The summed E-state index contributed by atoms with van der Waals surface area (Å²) in [6.07, 6.45) is 12.0. The van der Waals surface area contributed by atoms with Crippen LogP contribution in [-0.2, 0) is 23.0 Å². The highest BCUT2D eigenvalue weighted by Gasteiger charge is 2.22. The minimum Gasteiger partial charge on any atom is -0.489 e. The Hall–Kier alpha value is -4.27. The summed E-state index contributed by atoms with van der Waals surface area (Å²) in [6, 6.07) is 14.6. The lowest BCUT2D eigenvalue weighted by Gasteiger charge is -2.27. The van der Waals surface area contributed by atoms with Crippen LogP contribution in [0.1, 0.15) is 75.0 Å². The van der Waals surface area contributed by atoms with Crippen molar-refractivity contribution in [3.63, 3.8) is 0 Å². The van der Waals surface area contributed by atoms with Crippen molar-refractivity contribution in [2.45, 2.75) is 87.9 Å². The number of hydrogen-bond acceptors (Lipinski definition) is 10. The van der Waals surface area contributed by atoms with Gasteiger partial charge in [0.05, 0.1) is 16.7 Å². The maximum Gasteiger partial charge on any atom is 0.368 e. The van der Waals surface area contributed by atoms with Crippen LogP contribution in [0.25, 0.3) is 5.69 Å². The minimum atomic E-state index is -3.89. The lowest BCUT2D eigenvalue weighted by molar-refractivity contribution is 0.146. The highest BCUT2D eigenvalue weighted by molar-refractivity contribution is 7.92. The van der Waals surface area contributed by atoms with Gasteiger partial charge in [-0.25, -0.2) is 18.2 Å². The number of benzene rings is 2. The lowest BCUT2D eigenvalue weighted by atomic mass is 9.86. The molecule has 0 bridgehead atoms. The Labute approximate surface area is 280 Å². The van der Waals surface area contributed by atoms with Crippen molar-refractivity contribution in [1.82, 2.24) is 30.1 Å². The van der Waals surface area contributed by atoms with E-state index in [2.05, 4.69) is 25.4 Å². The van der Waals surface area contributed by atoms with Crippen LogP contribution in [0.2, 0.25) is 0 Å². The average Bonchev–Trinajstić information content (AvgIpc) is 3.47. The Kier molecular flexibility index (Phi) is 10.7. The van der Waals surface area contributed by atoms with Crippen molar-refractivity contribution in [1.29, 1.82) is 0 Å². The molecule has 2 atom stereocenters. The van der Waals surface area contributed by atoms with E-state index in [1.54, 1.807) is 48.7 Å². The van der Waals surface area contributed by atoms with Crippen molar-refractivity contribution in [3.8, 4) is 11.4 Å². The van der Waals surface area contributed by atoms with Gasteiger partial charge in [0.15, 0.2) is 0 Å². The molecule has 1 aliphatic heterocycles. The quantitative estimate of drug-likeness (QED) is 0.143. The molecule has 0 saturated heterocycles. The molecule has 2 aromatic carbocycles. The van der Waals surface area contributed by atoms with Crippen molar-refractivity contribution in [3.05, 3.63) is 82.4 Å². The van der Waals surface area contributed by atoms with Gasteiger partial charge < -0.3 is 20.9 Å². The average molecular weight is 677 g/mol. The number of nitrogens with one attached hydrogen (secondary N) is 2. The third-order valence-electron chi connectivity index (χ3n) is 9.23. The van der Waals surface area contributed by atoms with Crippen LogP contribution >= 0.6 is 0 Å². The molecule has 1 aliphatic carbocycles. The van der Waals surface area contributed by atoms with E-state index in [-0.39, 0.29) is 16.7 Å². The zero-order valence-electron chi connectivity index (χ0n) is 27.0. The van der Waals surface area contributed by atoms with Gasteiger partial charge in [-0.3, -0.25) is 4.72 Å². The van der Waals surface area contributed by atoms with E-state index >= 15 is 0 Å². The lowest BCUT2D eigenvalue weighted by Crippen LogP contribution is -2.36. The summed E-state index contributed by atoms with van der Waals surface area (Å²) in [5, 5.41) is 21.7. The molecule has 48 heavy (non-hydrogen) atoms. The molecule has 2 aliphatic rings. The summed E-state index contributed by atoms with van der Waals surface area (Å²) in [5.41, 5.74) is 7.74. The summed E-state index contributed by atoms with van der Waals surface area (Å²) >= 11 is 0. The number of anilines is 2. The fourth-order valence-electron chi connectivity index (χ4n) is 6.49. The number of nitrogen functional groups attached to an aromatic ring is 1. The highest BCUT2D eigenvalue weighted by Crippen LogP contribution is 2.31. The van der Waals surface area contributed by atoms with E-state index in [1.807, 2.05) is 0 Å². The Morgan fingerprint density at radius 2 is 1.81 bits per heavy atom. The molecule has 1 fully saturated rings. The van der Waals surface area contributed by atoms with Gasteiger partial charge in [0.2, 0.25) is 0 Å². The normalized spacial score (nSPS) is 17.4. The SMILES string of the molecule is Nc1ccc(C(O)CNCC2CCc3cc(NS(=O)(=O)c4ccc(-n5nnn(CCCCC6CCCCC6)c5=O)cc4)ccc3O2)cn1. The number of aromatic nitrogens is 5. The predicted molar refractivity (Wildman–Crippen MR) is 183 cm³/mol. The second-order valence-electron chi connectivity index (χ2n) is 12.8. The van der Waals surface area contributed by atoms with E-state index in [0.717, 1.165) is 30.7 Å². The summed E-state index contributed by atoms with van der Waals surface area (Å²) in [5.74, 6) is 1.91. The number of unbranched alkanes of at least 4 members (excludes halogenated alkanes) is 1. The largest absolute Gasteiger partial charge is 0.489 e. The molecule has 1 saturated carbocycles. The predicted octanol–water partition coefficient (Wildman–Crippen LogP) is 3.97. The van der Waals surface area contributed by atoms with Crippen LogP contribution in [0.4, 0.5) is 11.5 Å². The van der Waals surface area contributed by atoms with E-state index in [1.165, 1.54) is 60.0 Å². The summed E-state index contributed by atoms with van der Waals surface area (Å²) < 4.78 is 37.8. The number of nitrogens with two attached hydrogens (primary N) is 1. The number of tetrazole rings is 1. The first-order valence-electron chi connectivity index (χ1n) is 16.8. The molecule has 5 N–H and O–H groups in total. The van der Waals surface area contributed by atoms with Gasteiger partial charge in [-0.1, -0.05) is 51.0 Å². The number of nitrogens with zero attached hydrogens (tertiary/aromatic N) is 5. The molecule has 256 valence electrons. The topological polar surface area (TPSA) is 179 Å². The van der Waals surface area contributed by atoms with Crippen molar-refractivity contribution >= 4 is 21.5 Å². The number of rotatable bonds is 14. The maximum atomic E-state index is 13.2. The molecule has 2 aromatic heterocycles. The molecule has 14 heteroatoms. The van der Waals surface area contributed by atoms with Crippen molar-refractivity contribution < 1.29 is 18.3 Å². The Morgan fingerprint density at radius 3 is 2.58 bits per heavy atom. The molecule has 6 rings (SSSR count). The van der Waals surface area contributed by atoms with Gasteiger partial charge in [0, 0.05) is 37.1 Å². The molecular formula is C34H44N8O5S.